The lowest BCUT2D eigenvalue weighted by molar-refractivity contribution is -0.118. The van der Waals surface area contributed by atoms with Gasteiger partial charge in [0.2, 0.25) is 0 Å². The zero-order valence-electron chi connectivity index (χ0n) is 77.8. The second-order valence-corrected chi connectivity index (χ2v) is 37.3. The average molecular weight is 2100 g/mol. The number of carbonyl (C=O) groups excluding carboxylic acids is 4. The van der Waals surface area contributed by atoms with E-state index in [1.54, 1.807) is 82.0 Å². The average Bonchev–Trinajstić information content (AvgIpc) is 1.33. The van der Waals surface area contributed by atoms with Crippen molar-refractivity contribution in [3.05, 3.63) is 369 Å². The molecule has 686 valence electrons. The van der Waals surface area contributed by atoms with Crippen molar-refractivity contribution in [3.63, 3.8) is 0 Å². The van der Waals surface area contributed by atoms with Crippen LogP contribution in [0.4, 0.5) is 4.39 Å². The Balaban J connectivity index is 0.000000120. The van der Waals surface area contributed by atoms with Gasteiger partial charge in [-0.25, -0.2) is 14.4 Å². The van der Waals surface area contributed by atoms with Gasteiger partial charge in [0.05, 0.1) is 98.3 Å². The largest absolute Gasteiger partial charge is 0.378 e. The van der Waals surface area contributed by atoms with Gasteiger partial charge in [0.25, 0.3) is 0 Å². The number of nitrogens with zero attached hydrogens (tertiary/aromatic N) is 22. The molecule has 136 heavy (non-hydrogen) atoms. The van der Waals surface area contributed by atoms with Crippen molar-refractivity contribution in [2.75, 3.05) is 7.11 Å². The minimum atomic E-state index is -2.35. The van der Waals surface area contributed by atoms with Crippen molar-refractivity contribution < 1.29 is 32.4 Å². The van der Waals surface area contributed by atoms with Gasteiger partial charge in [-0.2, -0.15) is 0 Å². The van der Waals surface area contributed by atoms with Crippen LogP contribution in [0.25, 0.3) is 28.4 Å². The molecule has 6 aliphatic rings. The van der Waals surface area contributed by atoms with Crippen molar-refractivity contribution in [3.8, 4) is 28.4 Å². The van der Waals surface area contributed by atoms with Gasteiger partial charge in [-0.3, -0.25) is 67.7 Å². The van der Waals surface area contributed by atoms with Crippen molar-refractivity contribution in [2.45, 2.75) is 161 Å². The van der Waals surface area contributed by atoms with Crippen LogP contribution in [0.3, 0.4) is 0 Å². The minimum Gasteiger partial charge on any atom is -0.378 e. The number of halogens is 6. The Kier molecular flexibility index (Phi) is 28.6. The second kappa shape index (κ2) is 42.9. The highest BCUT2D eigenvalue weighted by Crippen LogP contribution is 2.45. The van der Waals surface area contributed by atoms with Crippen LogP contribution in [0.2, 0.25) is 5.02 Å². The van der Waals surface area contributed by atoms with Gasteiger partial charge in [-0.15, -0.1) is 30.6 Å². The predicted molar refractivity (Wildman–Crippen MR) is 534 cm³/mol. The van der Waals surface area contributed by atoms with Crippen molar-refractivity contribution in [1.29, 1.82) is 0 Å². The maximum absolute atomic E-state index is 14.5. The number of pyridine rings is 4. The summed E-state index contributed by atoms with van der Waals surface area (Å²) >= 11 is 20.5. The Morgan fingerprint density at radius 3 is 1.21 bits per heavy atom. The molecule has 0 spiro atoms. The predicted octanol–water partition coefficient (Wildman–Crippen LogP) is 22.0. The van der Waals surface area contributed by atoms with Crippen LogP contribution >= 0.6 is 75.3 Å². The number of hydrogen-bond acceptors (Lipinski definition) is 22. The third-order valence-corrected chi connectivity index (χ3v) is 25.6. The number of fused-ring (bicyclic) bond motifs is 15. The molecule has 1 saturated carbocycles. The molecule has 33 heteroatoms. The first-order valence-electron chi connectivity index (χ1n) is 45.9. The normalized spacial score (nSPS) is 16.5. The summed E-state index contributed by atoms with van der Waals surface area (Å²) in [7, 11) is 1.67. The number of Topliss-reactive ketones (excluding diaryl/α,β-unsaturated/α-hetero) is 4. The Morgan fingerprint density at radius 1 is 0.404 bits per heavy atom. The van der Waals surface area contributed by atoms with E-state index in [-0.39, 0.29) is 58.8 Å². The molecule has 0 radical (unpaired) electrons. The zero-order chi connectivity index (χ0) is 97.3. The van der Waals surface area contributed by atoms with Gasteiger partial charge in [0.15, 0.2) is 17.5 Å². The number of aliphatic imine (C=N–C) groups is 5. The van der Waals surface area contributed by atoms with E-state index in [2.05, 4.69) is 165 Å². The summed E-state index contributed by atoms with van der Waals surface area (Å²) in [4.78, 5) is 98.8. The van der Waals surface area contributed by atoms with E-state index in [1.165, 1.54) is 19.2 Å². The van der Waals surface area contributed by atoms with Gasteiger partial charge >= 0.3 is 0 Å². The number of imidazole rings is 2. The van der Waals surface area contributed by atoms with Crippen molar-refractivity contribution in [2.24, 2.45) is 25.0 Å². The van der Waals surface area contributed by atoms with Gasteiger partial charge in [-0.05, 0) is 231 Å². The molecule has 5 aliphatic heterocycles. The number of ether oxygens (including phenoxy) is 1. The lowest BCUT2D eigenvalue weighted by Crippen LogP contribution is -2.10. The smallest absolute Gasteiger partial charge is 0.162 e. The lowest BCUT2D eigenvalue weighted by Gasteiger charge is -2.15. The first kappa shape index (κ1) is 90.7. The Hall–Kier alpha value is -13.1. The SMILES string of the molecule is CC(=O)CC[C@@H]1N=C(c2ccccn2)c2cc(Br)ccc2-n2c(C3CC3)nnc21.CC(=O)CC[C@@H]1N=C(c2ccccn2)c2cc(Br)ccc2-n2cnnc21.CCC[C@@H]1N=C(c2ccccc2F)c2cc(Cl)ccc2-n2cnnc21.COCc1cnc2n1-c1ccc(Br)cc1C(c1ccccn1)=N[C@H]2CCC(C)=O.[2H]C([2H])([2H])c1cnc2n1-c1ccc(Br)cc1C(c1ccccn1)=N[C@H]2CCC(C)=O. The molecule has 1 fully saturated rings. The van der Waals surface area contributed by atoms with E-state index in [4.69, 9.17) is 45.4 Å². The molecule has 0 bridgehead atoms. The van der Waals surface area contributed by atoms with Crippen molar-refractivity contribution in [1.82, 2.24) is 83.3 Å². The van der Waals surface area contributed by atoms with Gasteiger partial charge in [0, 0.05) is 136 Å². The third-order valence-electron chi connectivity index (χ3n) is 23.4. The monoisotopic (exact) mass is 2090 g/mol. The van der Waals surface area contributed by atoms with Gasteiger partial charge in [-0.1, -0.05) is 125 Å². The summed E-state index contributed by atoms with van der Waals surface area (Å²) in [6.45, 7) is 6.52. The molecule has 15 aromatic rings. The number of aromatic nitrogens is 17. The van der Waals surface area contributed by atoms with Crippen LogP contribution in [0, 0.1) is 12.7 Å². The second-order valence-electron chi connectivity index (χ2n) is 33.2. The summed E-state index contributed by atoms with van der Waals surface area (Å²) < 4.78 is 57.4. The molecule has 1 aliphatic carbocycles. The molecule has 0 amide bonds. The van der Waals surface area contributed by atoms with E-state index in [1.807, 2.05) is 161 Å². The maximum Gasteiger partial charge on any atom is 0.162 e. The number of aryl methyl sites for hydroxylation is 1. The first-order valence-corrected chi connectivity index (χ1v) is 48.0. The Morgan fingerprint density at radius 2 is 0.779 bits per heavy atom. The quantitative estimate of drug-likeness (QED) is 0.0608. The fourth-order valence-corrected chi connectivity index (χ4v) is 18.5. The van der Waals surface area contributed by atoms with E-state index in [9.17, 15) is 23.6 Å². The molecule has 14 heterocycles. The van der Waals surface area contributed by atoms with Crippen LogP contribution in [0.15, 0.2) is 281 Å². The maximum atomic E-state index is 14.5. The summed E-state index contributed by atoms with van der Waals surface area (Å²) in [5, 5.41) is 26.3. The van der Waals surface area contributed by atoms with Gasteiger partial charge in [0.1, 0.15) is 89.3 Å². The third kappa shape index (κ3) is 21.1. The summed E-state index contributed by atoms with van der Waals surface area (Å²) in [5.41, 5.74) is 17.1. The van der Waals surface area contributed by atoms with E-state index in [0.29, 0.717) is 103 Å². The van der Waals surface area contributed by atoms with Gasteiger partial charge < -0.3 is 23.9 Å². The van der Waals surface area contributed by atoms with E-state index >= 15 is 0 Å². The molecule has 27 nitrogen and oxygen atoms in total. The first-order chi connectivity index (χ1) is 67.3. The number of hydrogen-bond donors (Lipinski definition) is 0. The lowest BCUT2D eigenvalue weighted by atomic mass is 10.00. The number of methoxy groups -OCH3 is 1. The number of benzene rings is 6. The number of carbonyl (C=O) groups is 4. The highest BCUT2D eigenvalue weighted by atomic mass is 79.9. The van der Waals surface area contributed by atoms with E-state index in [0.717, 1.165) is 163 Å². The Labute approximate surface area is 827 Å². The van der Waals surface area contributed by atoms with Crippen LogP contribution < -0.4 is 0 Å². The highest BCUT2D eigenvalue weighted by Gasteiger charge is 2.38. The summed E-state index contributed by atoms with van der Waals surface area (Å²) in [5.74, 6) is 5.23. The fourth-order valence-electron chi connectivity index (χ4n) is 16.9. The molecule has 0 N–H and O–H groups in total. The van der Waals surface area contributed by atoms with Crippen LogP contribution in [-0.4, -0.2) is 142 Å². The van der Waals surface area contributed by atoms with E-state index < -0.39 is 12.9 Å². The molecule has 0 unspecified atom stereocenters. The molecule has 6 aromatic carbocycles. The minimum absolute atomic E-state index is 0.0447. The molecule has 9 aromatic heterocycles. The fraction of sp³-hybridized carbons (Fsp3) is 0.252. The van der Waals surface area contributed by atoms with Crippen LogP contribution in [0.1, 0.15) is 254 Å². The highest BCUT2D eigenvalue weighted by molar-refractivity contribution is 9.11. The molecule has 0 saturated heterocycles. The van der Waals surface area contributed by atoms with Crippen LogP contribution in [-0.2, 0) is 30.5 Å². The molecule has 21 rings (SSSR count). The van der Waals surface area contributed by atoms with Crippen molar-refractivity contribution >= 4 is 127 Å². The molecular formula is C103H92Br4ClFN22O5. The molecule has 5 atom stereocenters. The molecular weight excluding hydrogens is 2000 g/mol. The standard InChI is InChI=1S/C22H20BrN5O.C22H21BrN4O2.C21H19BrN4O.C19H16BrN5O.C19H16ClFN4/c1-13(29)5-9-18-22-27-26-21(14-6-7-14)28(22)19-10-8-15(23)12-16(19)20(25-18)17-4-2-3-11-24-17;1-14(28)6-8-19-22-25-12-16(13-29-2)27(22)20-9-7-15(23)11-17(20)21(26-19)18-5-3-4-10-24-18;1-13-12-24-21-18(8-6-14(2)27)25-20(17-5-3-4-10-23-17)16-11-15(22)7-9-19(16)26(13)21;1-12(26)5-7-16-19-24-22-11-25(19)17-8-6-13(20)10-14(17)18(23-16)15-4-2-3-9-21-15;1-2-5-16-19-24-22-11-25(19)17-9-8-12(20)10-14(17)18(23-16)13-6-3-4-7-15(13)21/h2-4,8,10-12,14,18H,5-7,9H2,1H3;3-5,7,9-12,19H,6,8,13H2,1-2H3;3-5,7,9-12,18H,6,8H2,1-2H3;2-4,6,8-11,16H,5,7H2,1H3;3-4,6-11,16H,2,5H2,1H3/t18-;19-;18-;2*16-/m00000/s1/i;;1D3;;. The topological polar surface area (TPSA) is 319 Å². The summed E-state index contributed by atoms with van der Waals surface area (Å²) in [6.07, 6.45) is 21.4. The van der Waals surface area contributed by atoms with Crippen LogP contribution in [0.5, 0.6) is 0 Å². The Bertz CT molecular complexity index is 7290. The summed E-state index contributed by atoms with van der Waals surface area (Å²) in [6, 6.07) is 57.7. The number of rotatable bonds is 22. The zero-order valence-corrected chi connectivity index (χ0v) is 81.9. The number of ketones is 4.